The first kappa shape index (κ1) is 14.7. The molecule has 0 atom stereocenters. The molecule has 3 heterocycles. The van der Waals surface area contributed by atoms with Crippen LogP contribution in [0.15, 0.2) is 55.1 Å². The molecular weight excluding hydrogens is 322 g/mol. The molecule has 4 aromatic rings. The van der Waals surface area contributed by atoms with E-state index in [-0.39, 0.29) is 0 Å². The van der Waals surface area contributed by atoms with Crippen molar-refractivity contribution in [3.8, 4) is 22.5 Å². The van der Waals surface area contributed by atoms with E-state index in [0.29, 0.717) is 10.8 Å². The van der Waals surface area contributed by atoms with Crippen LogP contribution < -0.4 is 5.73 Å². The average molecular weight is 336 g/mol. The zero-order valence-corrected chi connectivity index (χ0v) is 13.7. The van der Waals surface area contributed by atoms with E-state index >= 15 is 0 Å². The number of hydrogen-bond donors (Lipinski definition) is 1. The number of hydrogen-bond acceptors (Lipinski definition) is 4. The zero-order valence-electron chi connectivity index (χ0n) is 12.9. The highest BCUT2D eigenvalue weighted by atomic mass is 35.5. The molecule has 0 radical (unpaired) electrons. The van der Waals surface area contributed by atoms with Crippen LogP contribution in [-0.4, -0.2) is 19.5 Å². The van der Waals surface area contributed by atoms with Crippen molar-refractivity contribution in [3.63, 3.8) is 0 Å². The second kappa shape index (κ2) is 5.62. The monoisotopic (exact) mass is 335 g/mol. The van der Waals surface area contributed by atoms with Gasteiger partial charge in [-0.15, -0.1) is 0 Å². The van der Waals surface area contributed by atoms with Crippen LogP contribution in [-0.2, 0) is 7.05 Å². The summed E-state index contributed by atoms with van der Waals surface area (Å²) in [5.41, 5.74) is 9.93. The molecule has 4 rings (SSSR count). The molecule has 0 bridgehead atoms. The van der Waals surface area contributed by atoms with Gasteiger partial charge in [0.2, 0.25) is 0 Å². The van der Waals surface area contributed by atoms with Crippen molar-refractivity contribution in [2.24, 2.45) is 7.05 Å². The van der Waals surface area contributed by atoms with Gasteiger partial charge in [0.25, 0.3) is 0 Å². The van der Waals surface area contributed by atoms with Gasteiger partial charge >= 0.3 is 0 Å². The predicted molar refractivity (Wildman–Crippen MR) is 96.6 cm³/mol. The van der Waals surface area contributed by atoms with Crippen LogP contribution in [0.2, 0.25) is 5.02 Å². The Morgan fingerprint density at radius 2 is 1.96 bits per heavy atom. The maximum atomic E-state index is 6.41. The number of aromatic nitrogens is 4. The van der Waals surface area contributed by atoms with Crippen LogP contribution in [0.5, 0.6) is 0 Å². The SMILES string of the molecule is Cn1ccc(-c2nc(N)cnc2-c2cc(Cl)c3ncccc3c2)c1. The topological polar surface area (TPSA) is 69.6 Å². The van der Waals surface area contributed by atoms with E-state index in [1.165, 1.54) is 0 Å². The maximum Gasteiger partial charge on any atom is 0.142 e. The van der Waals surface area contributed by atoms with Gasteiger partial charge in [0, 0.05) is 42.2 Å². The Morgan fingerprint density at radius 1 is 1.08 bits per heavy atom. The lowest BCUT2D eigenvalue weighted by Crippen LogP contribution is -1.98. The van der Waals surface area contributed by atoms with Crippen molar-refractivity contribution in [1.82, 2.24) is 19.5 Å². The summed E-state index contributed by atoms with van der Waals surface area (Å²) in [7, 11) is 1.96. The largest absolute Gasteiger partial charge is 0.382 e. The second-order valence-corrected chi connectivity index (χ2v) is 6.00. The molecule has 0 aliphatic heterocycles. The summed E-state index contributed by atoms with van der Waals surface area (Å²) in [6.45, 7) is 0. The van der Waals surface area contributed by atoms with Crippen molar-refractivity contribution in [1.29, 1.82) is 0 Å². The molecular formula is C18H14ClN5. The number of fused-ring (bicyclic) bond motifs is 1. The van der Waals surface area contributed by atoms with Crippen molar-refractivity contribution >= 4 is 28.3 Å². The minimum atomic E-state index is 0.381. The van der Waals surface area contributed by atoms with Gasteiger partial charge in [-0.2, -0.15) is 0 Å². The molecule has 0 unspecified atom stereocenters. The summed E-state index contributed by atoms with van der Waals surface area (Å²) >= 11 is 6.41. The molecule has 24 heavy (non-hydrogen) atoms. The Morgan fingerprint density at radius 3 is 2.75 bits per heavy atom. The molecule has 0 saturated carbocycles. The van der Waals surface area contributed by atoms with E-state index in [2.05, 4.69) is 15.0 Å². The van der Waals surface area contributed by atoms with Crippen LogP contribution in [0, 0.1) is 0 Å². The molecule has 6 heteroatoms. The molecule has 118 valence electrons. The minimum Gasteiger partial charge on any atom is -0.382 e. The highest BCUT2D eigenvalue weighted by Gasteiger charge is 2.14. The van der Waals surface area contributed by atoms with Crippen molar-refractivity contribution < 1.29 is 0 Å². The molecule has 0 fully saturated rings. The number of rotatable bonds is 2. The predicted octanol–water partition coefficient (Wildman–Crippen LogP) is 3.93. The molecule has 0 aliphatic rings. The first-order valence-corrected chi connectivity index (χ1v) is 7.79. The van der Waals surface area contributed by atoms with Crippen molar-refractivity contribution in [3.05, 3.63) is 60.1 Å². The first-order chi connectivity index (χ1) is 11.6. The quantitative estimate of drug-likeness (QED) is 0.602. The van der Waals surface area contributed by atoms with Crippen LogP contribution >= 0.6 is 11.6 Å². The zero-order chi connectivity index (χ0) is 16.7. The first-order valence-electron chi connectivity index (χ1n) is 7.41. The minimum absolute atomic E-state index is 0.381. The maximum absolute atomic E-state index is 6.41. The Labute approximate surface area is 143 Å². The number of aryl methyl sites for hydroxylation is 1. The molecule has 0 saturated heterocycles. The highest BCUT2D eigenvalue weighted by Crippen LogP contribution is 2.33. The lowest BCUT2D eigenvalue weighted by Gasteiger charge is -2.09. The molecule has 1 aromatic carbocycles. The van der Waals surface area contributed by atoms with Gasteiger partial charge in [0.05, 0.1) is 22.4 Å². The lowest BCUT2D eigenvalue weighted by atomic mass is 10.0. The van der Waals surface area contributed by atoms with E-state index in [4.69, 9.17) is 17.3 Å². The Kier molecular flexibility index (Phi) is 3.43. The van der Waals surface area contributed by atoms with Crippen molar-refractivity contribution in [2.45, 2.75) is 0 Å². The van der Waals surface area contributed by atoms with Crippen LogP contribution in [0.3, 0.4) is 0 Å². The number of nitrogens with zero attached hydrogens (tertiary/aromatic N) is 4. The highest BCUT2D eigenvalue weighted by molar-refractivity contribution is 6.35. The van der Waals surface area contributed by atoms with Crippen LogP contribution in [0.4, 0.5) is 5.82 Å². The van der Waals surface area contributed by atoms with Gasteiger partial charge in [-0.05, 0) is 24.3 Å². The average Bonchev–Trinajstić information content (AvgIpc) is 3.01. The van der Waals surface area contributed by atoms with Gasteiger partial charge in [-0.1, -0.05) is 17.7 Å². The van der Waals surface area contributed by atoms with Gasteiger partial charge < -0.3 is 10.3 Å². The van der Waals surface area contributed by atoms with E-state index in [0.717, 1.165) is 33.4 Å². The Bertz CT molecular complexity index is 1050. The molecule has 0 amide bonds. The van der Waals surface area contributed by atoms with E-state index in [9.17, 15) is 0 Å². The fourth-order valence-electron chi connectivity index (χ4n) is 2.74. The fourth-order valence-corrected chi connectivity index (χ4v) is 3.02. The Hall–Kier alpha value is -2.92. The smallest absolute Gasteiger partial charge is 0.142 e. The van der Waals surface area contributed by atoms with E-state index in [1.807, 2.05) is 54.3 Å². The molecule has 5 nitrogen and oxygen atoms in total. The fraction of sp³-hybridized carbons (Fsp3) is 0.0556. The third kappa shape index (κ3) is 2.49. The van der Waals surface area contributed by atoms with Gasteiger partial charge in [0.15, 0.2) is 0 Å². The summed E-state index contributed by atoms with van der Waals surface area (Å²) < 4.78 is 1.96. The molecule has 0 spiro atoms. The lowest BCUT2D eigenvalue weighted by molar-refractivity contribution is 0.928. The third-order valence-corrected chi connectivity index (χ3v) is 4.12. The number of halogens is 1. The number of benzene rings is 1. The normalized spacial score (nSPS) is 11.1. The summed E-state index contributed by atoms with van der Waals surface area (Å²) in [6, 6.07) is 9.72. The van der Waals surface area contributed by atoms with E-state index in [1.54, 1.807) is 12.4 Å². The molecule has 2 N–H and O–H groups in total. The van der Waals surface area contributed by atoms with Crippen LogP contribution in [0.25, 0.3) is 33.4 Å². The summed E-state index contributed by atoms with van der Waals surface area (Å²) in [5, 5.41) is 1.54. The molecule has 3 aromatic heterocycles. The van der Waals surface area contributed by atoms with Gasteiger partial charge in [-0.25, -0.2) is 4.98 Å². The molecule has 0 aliphatic carbocycles. The van der Waals surface area contributed by atoms with Gasteiger partial charge in [0.1, 0.15) is 11.5 Å². The number of anilines is 1. The summed E-state index contributed by atoms with van der Waals surface area (Å²) in [4.78, 5) is 13.3. The van der Waals surface area contributed by atoms with Crippen molar-refractivity contribution in [2.75, 3.05) is 5.73 Å². The third-order valence-electron chi connectivity index (χ3n) is 3.83. The van der Waals surface area contributed by atoms with Gasteiger partial charge in [-0.3, -0.25) is 9.97 Å². The summed E-state index contributed by atoms with van der Waals surface area (Å²) in [6.07, 6.45) is 7.23. The number of pyridine rings is 1. The van der Waals surface area contributed by atoms with E-state index < -0.39 is 0 Å². The second-order valence-electron chi connectivity index (χ2n) is 5.59. The number of nitrogens with two attached hydrogens (primary N) is 1. The standard InChI is InChI=1S/C18H14ClN5/c1-24-6-4-12(10-24)18-17(22-9-15(20)23-18)13-7-11-3-2-5-21-16(11)14(19)8-13/h2-10H,1H3,(H2,20,23). The van der Waals surface area contributed by atoms with Crippen LogP contribution in [0.1, 0.15) is 0 Å². The Balaban J connectivity index is 1.97. The number of nitrogen functional groups attached to an aromatic ring is 1. The summed E-state index contributed by atoms with van der Waals surface area (Å²) in [5.74, 6) is 0.381.